The first-order chi connectivity index (χ1) is 10.2. The third-order valence-electron chi connectivity index (χ3n) is 3.42. The summed E-state index contributed by atoms with van der Waals surface area (Å²) in [6.07, 6.45) is 2.92. The third kappa shape index (κ3) is 3.38. The van der Waals surface area contributed by atoms with Gasteiger partial charge in [-0.2, -0.15) is 0 Å². The van der Waals surface area contributed by atoms with Gasteiger partial charge in [0.2, 0.25) is 0 Å². The summed E-state index contributed by atoms with van der Waals surface area (Å²) in [5.74, 6) is 0.863. The summed E-state index contributed by atoms with van der Waals surface area (Å²) in [6.45, 7) is 0. The molecule has 0 fully saturated rings. The first-order valence-corrected chi connectivity index (χ1v) is 7.15. The lowest BCUT2D eigenvalue weighted by Gasteiger charge is -2.08. The van der Waals surface area contributed by atoms with Crippen LogP contribution in [0.3, 0.4) is 0 Å². The predicted molar refractivity (Wildman–Crippen MR) is 84.1 cm³/mol. The van der Waals surface area contributed by atoms with Crippen molar-refractivity contribution in [2.75, 3.05) is 7.11 Å². The number of rotatable bonds is 4. The smallest absolute Gasteiger partial charge is 0.118 e. The minimum absolute atomic E-state index is 0.0177. The van der Waals surface area contributed by atoms with Crippen LogP contribution in [0.1, 0.15) is 11.1 Å². The van der Waals surface area contributed by atoms with E-state index in [1.807, 2.05) is 36.4 Å². The van der Waals surface area contributed by atoms with Gasteiger partial charge in [-0.1, -0.05) is 35.9 Å². The molecule has 4 heteroatoms. The molecule has 0 saturated carbocycles. The van der Waals surface area contributed by atoms with E-state index in [2.05, 4.69) is 23.7 Å². The van der Waals surface area contributed by atoms with Crippen molar-refractivity contribution in [3.8, 4) is 5.75 Å². The van der Waals surface area contributed by atoms with Gasteiger partial charge in [-0.05, 0) is 41.5 Å². The molecule has 0 aromatic heterocycles. The van der Waals surface area contributed by atoms with E-state index < -0.39 is 0 Å². The van der Waals surface area contributed by atoms with Crippen LogP contribution < -0.4 is 10.2 Å². The summed E-state index contributed by atoms with van der Waals surface area (Å²) in [4.78, 5) is 5.60. The maximum absolute atomic E-state index is 5.90. The lowest BCUT2D eigenvalue weighted by molar-refractivity contribution is 0.0519. The third-order valence-corrected chi connectivity index (χ3v) is 3.68. The molecule has 21 heavy (non-hydrogen) atoms. The van der Waals surface area contributed by atoms with Gasteiger partial charge in [-0.15, -0.1) is 0 Å². The summed E-state index contributed by atoms with van der Waals surface area (Å²) in [6, 6.07) is 15.7. The fourth-order valence-electron chi connectivity index (χ4n) is 2.27. The molecule has 0 saturated heterocycles. The molecule has 1 N–H and O–H groups in total. The Morgan fingerprint density at radius 1 is 1.10 bits per heavy atom. The number of benzene rings is 2. The fourth-order valence-corrected chi connectivity index (χ4v) is 2.40. The van der Waals surface area contributed by atoms with Gasteiger partial charge in [-0.25, -0.2) is 0 Å². The highest BCUT2D eigenvalue weighted by atomic mass is 35.5. The number of hydroxylamine groups is 1. The SMILES string of the molecule is COc1ccc(CC2C=C(c3ccc(Cl)cc3)NO2)cc1. The molecule has 0 radical (unpaired) electrons. The van der Waals surface area contributed by atoms with Crippen LogP contribution in [0.2, 0.25) is 5.02 Å². The van der Waals surface area contributed by atoms with Gasteiger partial charge in [0.1, 0.15) is 11.9 Å². The fraction of sp³-hybridized carbons (Fsp3) is 0.176. The zero-order valence-electron chi connectivity index (χ0n) is 11.7. The Balaban J connectivity index is 1.68. The van der Waals surface area contributed by atoms with Crippen molar-refractivity contribution in [1.82, 2.24) is 5.48 Å². The van der Waals surface area contributed by atoms with Crippen LogP contribution in [0.15, 0.2) is 54.6 Å². The molecule has 1 heterocycles. The topological polar surface area (TPSA) is 30.5 Å². The van der Waals surface area contributed by atoms with Crippen molar-refractivity contribution in [2.45, 2.75) is 12.5 Å². The van der Waals surface area contributed by atoms with Gasteiger partial charge < -0.3 is 4.74 Å². The second kappa shape index (κ2) is 6.20. The molecule has 2 aromatic rings. The summed E-state index contributed by atoms with van der Waals surface area (Å²) < 4.78 is 5.16. The molecule has 0 spiro atoms. The molecule has 1 unspecified atom stereocenters. The number of hydrogen-bond donors (Lipinski definition) is 1. The molecule has 0 amide bonds. The zero-order valence-corrected chi connectivity index (χ0v) is 12.4. The number of ether oxygens (including phenoxy) is 1. The van der Waals surface area contributed by atoms with E-state index in [1.165, 1.54) is 5.56 Å². The molecular weight excluding hydrogens is 286 g/mol. The van der Waals surface area contributed by atoms with Gasteiger partial charge in [0, 0.05) is 11.4 Å². The Morgan fingerprint density at radius 2 is 1.81 bits per heavy atom. The standard InChI is InChI=1S/C17H16ClNO2/c1-20-15-8-2-12(3-9-15)10-16-11-17(19-21-16)13-4-6-14(18)7-5-13/h2-9,11,16,19H,10H2,1H3. The highest BCUT2D eigenvalue weighted by Gasteiger charge is 2.17. The van der Waals surface area contributed by atoms with Crippen LogP contribution in [-0.4, -0.2) is 13.2 Å². The lowest BCUT2D eigenvalue weighted by Crippen LogP contribution is -2.14. The second-order valence-electron chi connectivity index (χ2n) is 4.90. The van der Waals surface area contributed by atoms with Gasteiger partial charge in [0.25, 0.3) is 0 Å². The van der Waals surface area contributed by atoms with E-state index in [0.717, 1.165) is 28.5 Å². The van der Waals surface area contributed by atoms with E-state index in [1.54, 1.807) is 7.11 Å². The second-order valence-corrected chi connectivity index (χ2v) is 5.33. The summed E-state index contributed by atoms with van der Waals surface area (Å²) in [7, 11) is 1.67. The Labute approximate surface area is 129 Å². The van der Waals surface area contributed by atoms with Crippen molar-refractivity contribution < 1.29 is 9.57 Å². The van der Waals surface area contributed by atoms with Crippen molar-refractivity contribution in [2.24, 2.45) is 0 Å². The highest BCUT2D eigenvalue weighted by molar-refractivity contribution is 6.30. The van der Waals surface area contributed by atoms with Gasteiger partial charge in [0.15, 0.2) is 0 Å². The zero-order chi connectivity index (χ0) is 14.7. The number of halogens is 1. The quantitative estimate of drug-likeness (QED) is 0.931. The maximum Gasteiger partial charge on any atom is 0.118 e. The first kappa shape index (κ1) is 14.0. The Morgan fingerprint density at radius 3 is 2.48 bits per heavy atom. The van der Waals surface area contributed by atoms with Crippen molar-refractivity contribution in [3.05, 3.63) is 70.8 Å². The number of hydrogen-bond acceptors (Lipinski definition) is 3. The van der Waals surface area contributed by atoms with Crippen LogP contribution in [0.5, 0.6) is 5.75 Å². The maximum atomic E-state index is 5.90. The lowest BCUT2D eigenvalue weighted by atomic mass is 10.1. The van der Waals surface area contributed by atoms with Crippen LogP contribution in [0.25, 0.3) is 5.70 Å². The van der Waals surface area contributed by atoms with Crippen LogP contribution in [0, 0.1) is 0 Å². The molecule has 2 aromatic carbocycles. The minimum atomic E-state index is 0.0177. The monoisotopic (exact) mass is 301 g/mol. The van der Waals surface area contributed by atoms with E-state index in [9.17, 15) is 0 Å². The van der Waals surface area contributed by atoms with E-state index in [4.69, 9.17) is 21.2 Å². The molecular formula is C17H16ClNO2. The molecule has 3 nitrogen and oxygen atoms in total. The molecule has 0 bridgehead atoms. The average Bonchev–Trinajstić information content (AvgIpc) is 2.97. The Kier molecular flexibility index (Phi) is 4.13. The minimum Gasteiger partial charge on any atom is -0.497 e. The van der Waals surface area contributed by atoms with Crippen LogP contribution in [-0.2, 0) is 11.3 Å². The van der Waals surface area contributed by atoms with Gasteiger partial charge >= 0.3 is 0 Å². The highest BCUT2D eigenvalue weighted by Crippen LogP contribution is 2.22. The Hall–Kier alpha value is -1.97. The van der Waals surface area contributed by atoms with Crippen LogP contribution >= 0.6 is 11.6 Å². The molecule has 1 aliphatic rings. The molecule has 3 rings (SSSR count). The van der Waals surface area contributed by atoms with Gasteiger partial charge in [0.05, 0.1) is 12.8 Å². The van der Waals surface area contributed by atoms with E-state index in [0.29, 0.717) is 0 Å². The normalized spacial score (nSPS) is 17.2. The number of methoxy groups -OCH3 is 1. The average molecular weight is 302 g/mol. The van der Waals surface area contributed by atoms with Crippen molar-refractivity contribution in [3.63, 3.8) is 0 Å². The largest absolute Gasteiger partial charge is 0.497 e. The van der Waals surface area contributed by atoms with E-state index >= 15 is 0 Å². The van der Waals surface area contributed by atoms with Crippen LogP contribution in [0.4, 0.5) is 0 Å². The van der Waals surface area contributed by atoms with E-state index in [-0.39, 0.29) is 6.10 Å². The first-order valence-electron chi connectivity index (χ1n) is 6.77. The summed E-state index contributed by atoms with van der Waals surface area (Å²) in [5, 5.41) is 0.730. The Bertz CT molecular complexity index is 635. The van der Waals surface area contributed by atoms with Crippen molar-refractivity contribution >= 4 is 17.3 Å². The molecule has 0 aliphatic carbocycles. The summed E-state index contributed by atoms with van der Waals surface area (Å²) in [5.41, 5.74) is 6.23. The molecule has 1 aliphatic heterocycles. The molecule has 108 valence electrons. The predicted octanol–water partition coefficient (Wildman–Crippen LogP) is 3.84. The van der Waals surface area contributed by atoms with Gasteiger partial charge in [-0.3, -0.25) is 10.3 Å². The molecule has 1 atom stereocenters. The summed E-state index contributed by atoms with van der Waals surface area (Å²) >= 11 is 5.90. The number of nitrogens with one attached hydrogen (secondary N) is 1. The van der Waals surface area contributed by atoms with Crippen molar-refractivity contribution in [1.29, 1.82) is 0 Å².